The van der Waals surface area contributed by atoms with Gasteiger partial charge in [0.2, 0.25) is 0 Å². The molecule has 0 spiro atoms. The molecule has 1 heterocycles. The number of urea groups is 1. The van der Waals surface area contributed by atoms with Gasteiger partial charge >= 0.3 is 6.03 Å². The zero-order valence-corrected chi connectivity index (χ0v) is 21.8. The zero-order chi connectivity index (χ0) is 26.5. The first-order valence-electron chi connectivity index (χ1n) is 11.5. The van der Waals surface area contributed by atoms with Crippen molar-refractivity contribution in [3.05, 3.63) is 103 Å². The summed E-state index contributed by atoms with van der Waals surface area (Å²) in [5, 5.41) is 13.7. The van der Waals surface area contributed by atoms with E-state index in [4.69, 9.17) is 9.47 Å². The van der Waals surface area contributed by atoms with Crippen LogP contribution < -0.4 is 14.8 Å². The topological polar surface area (TPSA) is 111 Å². The van der Waals surface area contributed by atoms with E-state index in [0.29, 0.717) is 33.7 Å². The summed E-state index contributed by atoms with van der Waals surface area (Å²) >= 11 is 3.49. The molecular weight excluding hydrogens is 542 g/mol. The van der Waals surface area contributed by atoms with Crippen molar-refractivity contribution in [3.8, 4) is 11.5 Å². The number of nitro groups is 1. The van der Waals surface area contributed by atoms with Crippen molar-refractivity contribution in [2.24, 2.45) is 0 Å². The molecule has 1 saturated heterocycles. The lowest BCUT2D eigenvalue weighted by molar-refractivity contribution is -0.384. The number of nitrogens with zero attached hydrogens (tertiary/aromatic N) is 2. The van der Waals surface area contributed by atoms with Crippen molar-refractivity contribution in [2.45, 2.75) is 27.0 Å². The van der Waals surface area contributed by atoms with Gasteiger partial charge in [0.1, 0.15) is 12.3 Å². The monoisotopic (exact) mass is 565 g/mol. The molecular formula is C27H24BrN3O6. The van der Waals surface area contributed by atoms with Crippen LogP contribution in [0.4, 0.5) is 10.5 Å². The lowest BCUT2D eigenvalue weighted by Crippen LogP contribution is -2.30. The van der Waals surface area contributed by atoms with E-state index in [1.165, 1.54) is 12.1 Å². The highest BCUT2D eigenvalue weighted by molar-refractivity contribution is 9.10. The Bertz CT molecular complexity index is 1400. The van der Waals surface area contributed by atoms with Crippen LogP contribution in [0.2, 0.25) is 0 Å². The Morgan fingerprint density at radius 3 is 2.54 bits per heavy atom. The maximum atomic E-state index is 13.0. The van der Waals surface area contributed by atoms with Gasteiger partial charge in [-0.2, -0.15) is 0 Å². The average molecular weight is 566 g/mol. The number of carbonyl (C=O) groups is 2. The van der Waals surface area contributed by atoms with Crippen LogP contribution in [0, 0.1) is 17.0 Å². The van der Waals surface area contributed by atoms with Crippen molar-refractivity contribution in [1.29, 1.82) is 0 Å². The first-order chi connectivity index (χ1) is 17.7. The van der Waals surface area contributed by atoms with Crippen LogP contribution in [0.25, 0.3) is 6.08 Å². The summed E-state index contributed by atoms with van der Waals surface area (Å²) in [6.07, 6.45) is 1.58. The third kappa shape index (κ3) is 6.15. The number of imide groups is 1. The van der Waals surface area contributed by atoms with E-state index in [-0.39, 0.29) is 24.5 Å². The van der Waals surface area contributed by atoms with Gasteiger partial charge in [0.15, 0.2) is 11.5 Å². The van der Waals surface area contributed by atoms with Gasteiger partial charge in [-0.1, -0.05) is 42.0 Å². The highest BCUT2D eigenvalue weighted by Crippen LogP contribution is 2.38. The third-order valence-corrected chi connectivity index (χ3v) is 6.12. The number of halogens is 1. The molecule has 1 N–H and O–H groups in total. The molecule has 4 rings (SSSR count). The Balaban J connectivity index is 1.55. The summed E-state index contributed by atoms with van der Waals surface area (Å²) in [5.74, 6) is 0.410. The number of amides is 3. The van der Waals surface area contributed by atoms with Crippen molar-refractivity contribution in [2.75, 3.05) is 6.61 Å². The highest BCUT2D eigenvalue weighted by atomic mass is 79.9. The summed E-state index contributed by atoms with van der Waals surface area (Å²) < 4.78 is 12.3. The molecule has 3 aromatic carbocycles. The van der Waals surface area contributed by atoms with Crippen molar-refractivity contribution in [1.82, 2.24) is 10.2 Å². The van der Waals surface area contributed by atoms with Gasteiger partial charge in [-0.15, -0.1) is 0 Å². The summed E-state index contributed by atoms with van der Waals surface area (Å²) in [6, 6.07) is 16.8. The van der Waals surface area contributed by atoms with Crippen LogP contribution in [-0.4, -0.2) is 28.4 Å². The fourth-order valence-corrected chi connectivity index (χ4v) is 4.44. The standard InChI is InChI=1S/C27H24BrN3O6/c1-3-36-24-14-20(12-22(28)25(24)37-16-19-8-5-9-21(11-19)31(34)35)13-23-26(32)30(27(33)29-23)15-18-7-4-6-17(2)10-18/h4-14H,3,15-16H2,1-2H3,(H,29,33)/b23-13+. The quantitative estimate of drug-likeness (QED) is 0.153. The smallest absolute Gasteiger partial charge is 0.329 e. The molecule has 0 bridgehead atoms. The number of non-ortho nitro benzene ring substituents is 1. The zero-order valence-electron chi connectivity index (χ0n) is 20.2. The molecule has 1 aliphatic heterocycles. The molecule has 190 valence electrons. The predicted molar refractivity (Wildman–Crippen MR) is 141 cm³/mol. The van der Waals surface area contributed by atoms with E-state index in [0.717, 1.165) is 16.0 Å². The number of carbonyl (C=O) groups excluding carboxylic acids is 2. The van der Waals surface area contributed by atoms with Crippen molar-refractivity contribution in [3.63, 3.8) is 0 Å². The van der Waals surface area contributed by atoms with Gasteiger partial charge in [-0.05, 0) is 64.7 Å². The molecule has 0 unspecified atom stereocenters. The highest BCUT2D eigenvalue weighted by Gasteiger charge is 2.33. The van der Waals surface area contributed by atoms with Crippen LogP contribution in [-0.2, 0) is 17.9 Å². The second-order valence-electron chi connectivity index (χ2n) is 8.35. The Kier molecular flexibility index (Phi) is 7.88. The molecule has 1 fully saturated rings. The molecule has 1 aliphatic rings. The number of nitro benzene ring substituents is 1. The average Bonchev–Trinajstić information content (AvgIpc) is 3.11. The number of nitrogens with one attached hydrogen (secondary N) is 1. The van der Waals surface area contributed by atoms with E-state index in [1.54, 1.807) is 30.3 Å². The largest absolute Gasteiger partial charge is 0.490 e. The van der Waals surface area contributed by atoms with Gasteiger partial charge in [0.05, 0.1) is 22.5 Å². The molecule has 0 atom stereocenters. The number of benzene rings is 3. The maximum Gasteiger partial charge on any atom is 0.329 e. The molecule has 0 aliphatic carbocycles. The molecule has 3 amide bonds. The number of rotatable bonds is 9. The Labute approximate surface area is 222 Å². The van der Waals surface area contributed by atoms with Crippen LogP contribution in [0.1, 0.15) is 29.2 Å². The molecule has 9 nitrogen and oxygen atoms in total. The lowest BCUT2D eigenvalue weighted by atomic mass is 10.1. The summed E-state index contributed by atoms with van der Waals surface area (Å²) in [7, 11) is 0. The van der Waals surface area contributed by atoms with Crippen LogP contribution in [0.15, 0.2) is 70.8 Å². The SMILES string of the molecule is CCOc1cc(/C=C2/NC(=O)N(Cc3cccc(C)c3)C2=O)cc(Br)c1OCc1cccc([N+](=O)[O-])c1. The summed E-state index contributed by atoms with van der Waals surface area (Å²) in [5.41, 5.74) is 3.27. The first-order valence-corrected chi connectivity index (χ1v) is 12.3. The van der Waals surface area contributed by atoms with Crippen LogP contribution in [0.5, 0.6) is 11.5 Å². The molecule has 10 heteroatoms. The van der Waals surface area contributed by atoms with E-state index in [1.807, 2.05) is 38.1 Å². The molecule has 0 aromatic heterocycles. The Morgan fingerprint density at radius 2 is 1.81 bits per heavy atom. The van der Waals surface area contributed by atoms with E-state index in [9.17, 15) is 19.7 Å². The minimum atomic E-state index is -0.487. The fraction of sp³-hybridized carbons (Fsp3) is 0.185. The first kappa shape index (κ1) is 25.9. The number of ether oxygens (including phenoxy) is 2. The fourth-order valence-electron chi connectivity index (χ4n) is 3.86. The van der Waals surface area contributed by atoms with Crippen LogP contribution in [0.3, 0.4) is 0 Å². The normalized spacial score (nSPS) is 14.1. The maximum absolute atomic E-state index is 13.0. The van der Waals surface area contributed by atoms with E-state index >= 15 is 0 Å². The lowest BCUT2D eigenvalue weighted by Gasteiger charge is -2.15. The van der Waals surface area contributed by atoms with E-state index in [2.05, 4.69) is 21.2 Å². The summed E-state index contributed by atoms with van der Waals surface area (Å²) in [4.78, 5) is 37.2. The Morgan fingerprint density at radius 1 is 1.05 bits per heavy atom. The summed E-state index contributed by atoms with van der Waals surface area (Å²) in [6.45, 7) is 4.39. The van der Waals surface area contributed by atoms with Gasteiger partial charge < -0.3 is 14.8 Å². The number of aryl methyl sites for hydroxylation is 1. The second kappa shape index (κ2) is 11.3. The minimum absolute atomic E-state index is 0.0214. The predicted octanol–water partition coefficient (Wildman–Crippen LogP) is 5.74. The third-order valence-electron chi connectivity index (χ3n) is 5.53. The van der Waals surface area contributed by atoms with Crippen LogP contribution >= 0.6 is 15.9 Å². The molecule has 0 saturated carbocycles. The Hall–Kier alpha value is -4.18. The molecule has 0 radical (unpaired) electrons. The second-order valence-corrected chi connectivity index (χ2v) is 9.20. The van der Waals surface area contributed by atoms with Gasteiger partial charge in [0, 0.05) is 12.1 Å². The number of hydrogen-bond donors (Lipinski definition) is 1. The minimum Gasteiger partial charge on any atom is -0.490 e. The molecule has 3 aromatic rings. The number of hydrogen-bond acceptors (Lipinski definition) is 6. The van der Waals surface area contributed by atoms with Crippen molar-refractivity contribution >= 4 is 39.6 Å². The van der Waals surface area contributed by atoms with Gasteiger partial charge in [-0.25, -0.2) is 4.79 Å². The van der Waals surface area contributed by atoms with Gasteiger partial charge in [0.25, 0.3) is 11.6 Å². The van der Waals surface area contributed by atoms with Crippen molar-refractivity contribution < 1.29 is 24.0 Å². The molecule has 37 heavy (non-hydrogen) atoms. The van der Waals surface area contributed by atoms with Gasteiger partial charge in [-0.3, -0.25) is 19.8 Å². The van der Waals surface area contributed by atoms with E-state index < -0.39 is 16.9 Å².